The van der Waals surface area contributed by atoms with E-state index in [4.69, 9.17) is 0 Å². The molecule has 0 aliphatic heterocycles. The first kappa shape index (κ1) is 16.2. The average Bonchev–Trinajstić information content (AvgIpc) is 2.95. The predicted octanol–water partition coefficient (Wildman–Crippen LogP) is -1.20. The second-order valence-corrected chi connectivity index (χ2v) is 4.80. The third kappa shape index (κ3) is 3.51. The topological polar surface area (TPSA) is 61.7 Å². The van der Waals surface area contributed by atoms with Crippen LogP contribution < -0.4 is 26.9 Å². The number of halogens is 1. The molecule has 3 aromatic rings. The van der Waals surface area contributed by atoms with Crippen molar-refractivity contribution in [1.29, 1.82) is 0 Å². The fourth-order valence-electron chi connectivity index (χ4n) is 2.17. The van der Waals surface area contributed by atoms with Crippen LogP contribution in [0.2, 0.25) is 0 Å². The number of pyridine rings is 1. The van der Waals surface area contributed by atoms with Gasteiger partial charge in [-0.25, -0.2) is 9.55 Å². The van der Waals surface area contributed by atoms with Gasteiger partial charge in [-0.15, -0.1) is 0 Å². The number of imidazole rings is 1. The van der Waals surface area contributed by atoms with Gasteiger partial charge >= 0.3 is 0 Å². The van der Waals surface area contributed by atoms with Crippen LogP contribution in [0.15, 0.2) is 48.8 Å². The summed E-state index contributed by atoms with van der Waals surface area (Å²) in [4.78, 5) is 19.7. The van der Waals surface area contributed by atoms with Crippen LogP contribution in [-0.4, -0.2) is 15.9 Å². The Balaban J connectivity index is 0.00000176. The zero-order chi connectivity index (χ0) is 14.7. The van der Waals surface area contributed by atoms with Crippen LogP contribution in [0.1, 0.15) is 23.1 Å². The van der Waals surface area contributed by atoms with Gasteiger partial charge in [0, 0.05) is 12.1 Å². The Kier molecular flexibility index (Phi) is 5.27. The molecule has 0 saturated carbocycles. The number of aromatic nitrogens is 3. The van der Waals surface area contributed by atoms with E-state index in [1.165, 1.54) is 0 Å². The number of aromatic amines is 1. The van der Waals surface area contributed by atoms with E-state index >= 15 is 0 Å². The van der Waals surface area contributed by atoms with Crippen LogP contribution in [0.3, 0.4) is 0 Å². The molecule has 22 heavy (non-hydrogen) atoms. The highest BCUT2D eigenvalue weighted by molar-refractivity contribution is 5.93. The number of para-hydroxylation sites is 2. The highest BCUT2D eigenvalue weighted by atomic mass is 79.9. The number of hydrogen-bond donors (Lipinski definition) is 2. The second kappa shape index (κ2) is 7.17. The number of carbonyl (C=O) groups excluding carboxylic acids is 1. The van der Waals surface area contributed by atoms with Gasteiger partial charge in [-0.05, 0) is 19.1 Å². The first-order valence-corrected chi connectivity index (χ1v) is 6.97. The van der Waals surface area contributed by atoms with E-state index in [1.807, 2.05) is 53.4 Å². The van der Waals surface area contributed by atoms with Crippen LogP contribution in [0.5, 0.6) is 0 Å². The van der Waals surface area contributed by atoms with E-state index in [-0.39, 0.29) is 22.9 Å². The number of benzene rings is 1. The average molecular weight is 361 g/mol. The lowest BCUT2D eigenvalue weighted by atomic mass is 10.2. The molecule has 1 amide bonds. The van der Waals surface area contributed by atoms with Crippen LogP contribution in [0, 0.1) is 0 Å². The minimum atomic E-state index is -0.0984. The van der Waals surface area contributed by atoms with Gasteiger partial charge in [0.1, 0.15) is 12.4 Å². The van der Waals surface area contributed by atoms with Crippen molar-refractivity contribution in [3.63, 3.8) is 0 Å². The molecule has 0 radical (unpaired) electrons. The minimum absolute atomic E-state index is 0. The van der Waals surface area contributed by atoms with Gasteiger partial charge in [0.25, 0.3) is 5.91 Å². The lowest BCUT2D eigenvalue weighted by Gasteiger charge is -2.02. The molecule has 2 N–H and O–H groups in total. The van der Waals surface area contributed by atoms with Gasteiger partial charge in [0.15, 0.2) is 12.4 Å². The smallest absolute Gasteiger partial charge is 0.252 e. The summed E-state index contributed by atoms with van der Waals surface area (Å²) in [7, 11) is 0. The Labute approximate surface area is 139 Å². The zero-order valence-corrected chi connectivity index (χ0v) is 13.8. The normalized spacial score (nSPS) is 10.2. The molecule has 0 spiro atoms. The van der Waals surface area contributed by atoms with E-state index in [0.717, 1.165) is 23.4 Å². The van der Waals surface area contributed by atoms with E-state index in [1.54, 1.807) is 0 Å². The molecule has 0 unspecified atom stereocenters. The fourth-order valence-corrected chi connectivity index (χ4v) is 2.17. The predicted molar refractivity (Wildman–Crippen MR) is 79.6 cm³/mol. The number of aryl methyl sites for hydroxylation is 1. The Bertz CT molecular complexity index is 734. The SMILES string of the molecule is CC[n+]1ccc(C(=O)NCc2nc3ccccc3[nH]2)cc1.[Br-]. The third-order valence-electron chi connectivity index (χ3n) is 3.37. The van der Waals surface area contributed by atoms with E-state index in [0.29, 0.717) is 12.1 Å². The Morgan fingerprint density at radius 3 is 2.64 bits per heavy atom. The largest absolute Gasteiger partial charge is 1.00 e. The number of nitrogens with zero attached hydrogens (tertiary/aromatic N) is 2. The number of H-pyrrole nitrogens is 1. The van der Waals surface area contributed by atoms with Crippen molar-refractivity contribution in [2.24, 2.45) is 0 Å². The number of rotatable bonds is 4. The lowest BCUT2D eigenvalue weighted by Crippen LogP contribution is -3.00. The van der Waals surface area contributed by atoms with Gasteiger partial charge in [-0.2, -0.15) is 0 Å². The summed E-state index contributed by atoms with van der Waals surface area (Å²) in [6, 6.07) is 11.4. The highest BCUT2D eigenvalue weighted by Crippen LogP contribution is 2.10. The van der Waals surface area contributed by atoms with Crippen LogP contribution in [-0.2, 0) is 13.1 Å². The summed E-state index contributed by atoms with van der Waals surface area (Å²) in [6.07, 6.45) is 3.80. The molecule has 5 nitrogen and oxygen atoms in total. The number of amides is 1. The Morgan fingerprint density at radius 2 is 1.95 bits per heavy atom. The highest BCUT2D eigenvalue weighted by Gasteiger charge is 2.08. The molecule has 1 aromatic carbocycles. The lowest BCUT2D eigenvalue weighted by molar-refractivity contribution is -0.693. The second-order valence-electron chi connectivity index (χ2n) is 4.80. The van der Waals surface area contributed by atoms with Gasteiger partial charge in [-0.3, -0.25) is 4.79 Å². The van der Waals surface area contributed by atoms with Gasteiger partial charge in [0.2, 0.25) is 0 Å². The third-order valence-corrected chi connectivity index (χ3v) is 3.37. The monoisotopic (exact) mass is 360 g/mol. The number of fused-ring (bicyclic) bond motifs is 1. The van der Waals surface area contributed by atoms with Crippen molar-refractivity contribution in [3.8, 4) is 0 Å². The number of nitrogens with one attached hydrogen (secondary N) is 2. The molecular weight excluding hydrogens is 344 g/mol. The van der Waals surface area contributed by atoms with Crippen molar-refractivity contribution >= 4 is 16.9 Å². The summed E-state index contributed by atoms with van der Waals surface area (Å²) in [5, 5.41) is 2.87. The molecule has 6 heteroatoms. The number of hydrogen-bond acceptors (Lipinski definition) is 2. The van der Waals surface area contributed by atoms with Crippen molar-refractivity contribution in [3.05, 3.63) is 60.2 Å². The molecule has 0 fully saturated rings. The number of carbonyl (C=O) groups is 1. The van der Waals surface area contributed by atoms with E-state index in [2.05, 4.69) is 22.2 Å². The molecule has 0 aliphatic carbocycles. The first-order valence-electron chi connectivity index (χ1n) is 6.97. The van der Waals surface area contributed by atoms with Crippen LogP contribution in [0.4, 0.5) is 0 Å². The zero-order valence-electron chi connectivity index (χ0n) is 12.2. The molecule has 0 saturated heterocycles. The maximum Gasteiger partial charge on any atom is 0.252 e. The van der Waals surface area contributed by atoms with E-state index < -0.39 is 0 Å². The van der Waals surface area contributed by atoms with Crippen molar-refractivity contribution in [1.82, 2.24) is 15.3 Å². The molecular formula is C16H17BrN4O. The molecule has 2 aromatic heterocycles. The van der Waals surface area contributed by atoms with Crippen LogP contribution in [0.25, 0.3) is 11.0 Å². The molecule has 2 heterocycles. The first-order chi connectivity index (χ1) is 10.3. The summed E-state index contributed by atoms with van der Waals surface area (Å²) < 4.78 is 2.01. The Hall–Kier alpha value is -2.21. The quantitative estimate of drug-likeness (QED) is 0.574. The molecule has 0 aliphatic rings. The van der Waals surface area contributed by atoms with Gasteiger partial charge in [-0.1, -0.05) is 12.1 Å². The standard InChI is InChI=1S/C16H16N4O.BrH/c1-2-20-9-7-12(8-10-20)16(21)17-11-15-18-13-5-3-4-6-14(13)19-15;/h3-10H,2,11H2,1H3,(H-,17,18,19,21);1H. The molecule has 3 rings (SSSR count). The fraction of sp³-hybridized carbons (Fsp3) is 0.188. The summed E-state index contributed by atoms with van der Waals surface area (Å²) >= 11 is 0. The molecule has 0 atom stereocenters. The molecule has 114 valence electrons. The Morgan fingerprint density at radius 1 is 1.23 bits per heavy atom. The summed E-state index contributed by atoms with van der Waals surface area (Å²) in [5.74, 6) is 0.655. The van der Waals surface area contributed by atoms with E-state index in [9.17, 15) is 4.79 Å². The molecule has 0 bridgehead atoms. The van der Waals surface area contributed by atoms with Crippen molar-refractivity contribution in [2.75, 3.05) is 0 Å². The van der Waals surface area contributed by atoms with Gasteiger partial charge in [0.05, 0.1) is 23.1 Å². The van der Waals surface area contributed by atoms with Gasteiger partial charge < -0.3 is 27.3 Å². The minimum Gasteiger partial charge on any atom is -1.00 e. The maximum absolute atomic E-state index is 12.1. The maximum atomic E-state index is 12.1. The van der Waals surface area contributed by atoms with Crippen LogP contribution >= 0.6 is 0 Å². The summed E-state index contributed by atoms with van der Waals surface area (Å²) in [6.45, 7) is 3.33. The van der Waals surface area contributed by atoms with Crippen molar-refractivity contribution in [2.45, 2.75) is 20.0 Å². The van der Waals surface area contributed by atoms with Crippen molar-refractivity contribution < 1.29 is 26.3 Å². The summed E-state index contributed by atoms with van der Waals surface area (Å²) in [5.41, 5.74) is 2.53.